The van der Waals surface area contributed by atoms with Crippen molar-refractivity contribution in [3.05, 3.63) is 29.3 Å². The van der Waals surface area contributed by atoms with Gasteiger partial charge in [0.25, 0.3) is 11.8 Å². The van der Waals surface area contributed by atoms with Crippen molar-refractivity contribution in [2.75, 3.05) is 25.9 Å². The fraction of sp³-hybridized carbons (Fsp3) is 0.450. The van der Waals surface area contributed by atoms with E-state index in [0.29, 0.717) is 29.3 Å². The number of benzene rings is 1. The number of carbonyl (C=O) groups excluding carboxylic acids is 4. The van der Waals surface area contributed by atoms with Gasteiger partial charge in [-0.15, -0.1) is 11.8 Å². The summed E-state index contributed by atoms with van der Waals surface area (Å²) in [5.74, 6) is -2.20. The average molecular weight is 433 g/mol. The highest BCUT2D eigenvalue weighted by Gasteiger charge is 2.45. The maximum absolute atomic E-state index is 13.0. The van der Waals surface area contributed by atoms with E-state index >= 15 is 0 Å². The fourth-order valence-electron chi connectivity index (χ4n) is 3.52. The highest BCUT2D eigenvalue weighted by atomic mass is 32.2. The van der Waals surface area contributed by atoms with E-state index < -0.39 is 35.6 Å². The van der Waals surface area contributed by atoms with Gasteiger partial charge in [0.2, 0.25) is 11.8 Å². The van der Waals surface area contributed by atoms with E-state index in [4.69, 9.17) is 5.11 Å². The third kappa shape index (κ3) is 4.71. The Morgan fingerprint density at radius 2 is 2.00 bits per heavy atom. The number of nitrogens with one attached hydrogen (secondary N) is 1. The van der Waals surface area contributed by atoms with Gasteiger partial charge in [0.15, 0.2) is 0 Å². The van der Waals surface area contributed by atoms with Crippen LogP contribution in [0.4, 0.5) is 0 Å². The molecule has 2 N–H and O–H groups in total. The molecule has 1 fully saturated rings. The van der Waals surface area contributed by atoms with Gasteiger partial charge in [-0.05, 0) is 44.3 Å². The second-order valence-electron chi connectivity index (χ2n) is 7.27. The number of nitrogens with zero attached hydrogens (tertiary/aromatic N) is 2. The number of rotatable bonds is 9. The Morgan fingerprint density at radius 1 is 1.23 bits per heavy atom. The summed E-state index contributed by atoms with van der Waals surface area (Å²) in [7, 11) is 1.86. The summed E-state index contributed by atoms with van der Waals surface area (Å²) in [4.78, 5) is 63.6. The van der Waals surface area contributed by atoms with Crippen molar-refractivity contribution in [3.8, 4) is 0 Å². The van der Waals surface area contributed by atoms with Gasteiger partial charge in [-0.3, -0.25) is 34.2 Å². The van der Waals surface area contributed by atoms with Crippen molar-refractivity contribution in [1.82, 2.24) is 15.1 Å². The highest BCUT2D eigenvalue weighted by molar-refractivity contribution is 7.99. The molecule has 1 unspecified atom stereocenters. The number of carboxylic acids is 1. The first-order valence-corrected chi connectivity index (χ1v) is 10.7. The SMILES string of the molecule is CN(CCCSc1cccc2c1C(=O)N(C1CCC(=O)NC1=O)C2=O)CCC(=O)O. The van der Waals surface area contributed by atoms with Crippen molar-refractivity contribution >= 4 is 41.4 Å². The van der Waals surface area contributed by atoms with Crippen molar-refractivity contribution in [2.45, 2.75) is 36.6 Å². The Balaban J connectivity index is 1.64. The van der Waals surface area contributed by atoms with Crippen LogP contribution >= 0.6 is 11.8 Å². The van der Waals surface area contributed by atoms with E-state index in [-0.39, 0.29) is 24.8 Å². The van der Waals surface area contributed by atoms with Crippen LogP contribution in [0.5, 0.6) is 0 Å². The van der Waals surface area contributed by atoms with Gasteiger partial charge in [0, 0.05) is 17.9 Å². The molecule has 1 aromatic carbocycles. The molecule has 1 aromatic rings. The number of hydrogen-bond donors (Lipinski definition) is 2. The largest absolute Gasteiger partial charge is 0.481 e. The number of hydrogen-bond acceptors (Lipinski definition) is 7. The average Bonchev–Trinajstić information content (AvgIpc) is 2.95. The molecule has 30 heavy (non-hydrogen) atoms. The molecule has 0 radical (unpaired) electrons. The van der Waals surface area contributed by atoms with Crippen LogP contribution in [-0.2, 0) is 14.4 Å². The number of piperidine rings is 1. The number of carbonyl (C=O) groups is 5. The molecule has 160 valence electrons. The van der Waals surface area contributed by atoms with Gasteiger partial charge in [-0.1, -0.05) is 6.07 Å². The smallest absolute Gasteiger partial charge is 0.304 e. The number of thioether (sulfide) groups is 1. The fourth-order valence-corrected chi connectivity index (χ4v) is 4.53. The number of fused-ring (bicyclic) bond motifs is 1. The standard InChI is InChI=1S/C20H23N3O6S/c1-22(10-8-16(25)26)9-3-11-30-14-5-2-4-12-17(14)20(29)23(19(12)28)13-6-7-15(24)21-18(13)27/h2,4-5,13H,3,6-11H2,1H3,(H,25,26)(H,21,24,27). The molecule has 3 rings (SSSR count). The third-order valence-electron chi connectivity index (χ3n) is 5.08. The molecule has 0 bridgehead atoms. The maximum Gasteiger partial charge on any atom is 0.304 e. The first-order chi connectivity index (χ1) is 14.3. The molecule has 1 saturated heterocycles. The van der Waals surface area contributed by atoms with Crippen molar-refractivity contribution < 1.29 is 29.1 Å². The number of amides is 4. The summed E-state index contributed by atoms with van der Waals surface area (Å²) in [5, 5.41) is 10.9. The molecule has 0 aromatic heterocycles. The van der Waals surface area contributed by atoms with Gasteiger partial charge in [0.1, 0.15) is 6.04 Å². The topological polar surface area (TPSA) is 124 Å². The lowest BCUT2D eigenvalue weighted by Crippen LogP contribution is -2.54. The Morgan fingerprint density at radius 3 is 2.70 bits per heavy atom. The minimum Gasteiger partial charge on any atom is -0.481 e. The van der Waals surface area contributed by atoms with Gasteiger partial charge >= 0.3 is 5.97 Å². The second-order valence-corrected chi connectivity index (χ2v) is 8.41. The lowest BCUT2D eigenvalue weighted by Gasteiger charge is -2.27. The van der Waals surface area contributed by atoms with Crippen LogP contribution in [0.25, 0.3) is 0 Å². The summed E-state index contributed by atoms with van der Waals surface area (Å²) in [6.45, 7) is 1.18. The van der Waals surface area contributed by atoms with E-state index in [2.05, 4.69) is 5.32 Å². The van der Waals surface area contributed by atoms with E-state index in [1.54, 1.807) is 18.2 Å². The van der Waals surface area contributed by atoms with E-state index in [0.717, 1.165) is 11.3 Å². The zero-order chi connectivity index (χ0) is 21.8. The zero-order valence-corrected chi connectivity index (χ0v) is 17.4. The number of carboxylic acid groups (broad SMARTS) is 1. The van der Waals surface area contributed by atoms with Crippen molar-refractivity contribution in [1.29, 1.82) is 0 Å². The molecule has 0 aliphatic carbocycles. The Hall–Kier alpha value is -2.72. The molecule has 4 amide bonds. The minimum atomic E-state index is -0.976. The maximum atomic E-state index is 13.0. The Kier molecular flexibility index (Phi) is 6.88. The molecule has 9 nitrogen and oxygen atoms in total. The predicted octanol–water partition coefficient (Wildman–Crippen LogP) is 0.976. The van der Waals surface area contributed by atoms with E-state index in [1.807, 2.05) is 11.9 Å². The quantitative estimate of drug-likeness (QED) is 0.335. The minimum absolute atomic E-state index is 0.0841. The first-order valence-electron chi connectivity index (χ1n) is 9.67. The normalized spacial score (nSPS) is 18.7. The number of imide groups is 2. The third-order valence-corrected chi connectivity index (χ3v) is 6.22. The summed E-state index contributed by atoms with van der Waals surface area (Å²) in [5.41, 5.74) is 0.574. The van der Waals surface area contributed by atoms with Crippen LogP contribution in [0.1, 0.15) is 46.4 Å². The molecule has 2 heterocycles. The summed E-state index contributed by atoms with van der Waals surface area (Å²) < 4.78 is 0. The highest BCUT2D eigenvalue weighted by Crippen LogP contribution is 2.34. The van der Waals surface area contributed by atoms with Crippen molar-refractivity contribution in [2.24, 2.45) is 0 Å². The second kappa shape index (κ2) is 9.40. The molecule has 2 aliphatic rings. The molecule has 10 heteroatoms. The molecule has 2 aliphatic heterocycles. The van der Waals surface area contributed by atoms with Gasteiger partial charge < -0.3 is 10.0 Å². The van der Waals surface area contributed by atoms with Crippen LogP contribution in [0.2, 0.25) is 0 Å². The van der Waals surface area contributed by atoms with Crippen LogP contribution < -0.4 is 5.32 Å². The van der Waals surface area contributed by atoms with Gasteiger partial charge in [0.05, 0.1) is 17.5 Å². The summed E-state index contributed by atoms with van der Waals surface area (Å²) in [6, 6.07) is 4.08. The molecular weight excluding hydrogens is 410 g/mol. The van der Waals surface area contributed by atoms with Crippen LogP contribution in [0.15, 0.2) is 23.1 Å². The molecule has 1 atom stereocenters. The van der Waals surface area contributed by atoms with Gasteiger partial charge in [-0.2, -0.15) is 0 Å². The Bertz CT molecular complexity index is 903. The lowest BCUT2D eigenvalue weighted by molar-refractivity contribution is -0.138. The summed E-state index contributed by atoms with van der Waals surface area (Å²) >= 11 is 1.45. The Labute approximate surface area is 177 Å². The lowest BCUT2D eigenvalue weighted by atomic mass is 10.0. The first kappa shape index (κ1) is 22.0. The van der Waals surface area contributed by atoms with E-state index in [9.17, 15) is 24.0 Å². The van der Waals surface area contributed by atoms with Crippen molar-refractivity contribution in [3.63, 3.8) is 0 Å². The van der Waals surface area contributed by atoms with Crippen LogP contribution in [0, 0.1) is 0 Å². The predicted molar refractivity (Wildman–Crippen MR) is 108 cm³/mol. The summed E-state index contributed by atoms with van der Waals surface area (Å²) in [6.07, 6.45) is 1.08. The molecular formula is C20H23N3O6S. The van der Waals surface area contributed by atoms with Crippen LogP contribution in [-0.4, -0.2) is 76.4 Å². The molecule has 0 spiro atoms. The number of aliphatic carboxylic acids is 1. The van der Waals surface area contributed by atoms with E-state index in [1.165, 1.54) is 11.8 Å². The monoisotopic (exact) mass is 433 g/mol. The van der Waals surface area contributed by atoms with Gasteiger partial charge in [-0.25, -0.2) is 0 Å². The zero-order valence-electron chi connectivity index (χ0n) is 16.6. The molecule has 0 saturated carbocycles. The van der Waals surface area contributed by atoms with Crippen LogP contribution in [0.3, 0.4) is 0 Å².